The SMILES string of the molecule is O=C(CSc1nnc2c(=O)n(-c3ccc(F)cc3)ccn12)NCC1CCCO1. The van der Waals surface area contributed by atoms with E-state index >= 15 is 0 Å². The number of ether oxygens (including phenoxy) is 1. The summed E-state index contributed by atoms with van der Waals surface area (Å²) < 4.78 is 21.5. The molecule has 10 heteroatoms. The maximum Gasteiger partial charge on any atom is 0.300 e. The van der Waals surface area contributed by atoms with E-state index in [1.165, 1.54) is 40.6 Å². The van der Waals surface area contributed by atoms with Gasteiger partial charge in [0.1, 0.15) is 5.82 Å². The highest BCUT2D eigenvalue weighted by atomic mass is 32.2. The van der Waals surface area contributed by atoms with Crippen molar-refractivity contribution in [2.24, 2.45) is 0 Å². The van der Waals surface area contributed by atoms with Gasteiger partial charge in [0.2, 0.25) is 11.6 Å². The largest absolute Gasteiger partial charge is 0.376 e. The lowest BCUT2D eigenvalue weighted by molar-refractivity contribution is -0.119. The Morgan fingerprint density at radius 1 is 1.29 bits per heavy atom. The molecular formula is C18H18FN5O3S. The Labute approximate surface area is 163 Å². The summed E-state index contributed by atoms with van der Waals surface area (Å²) >= 11 is 1.20. The smallest absolute Gasteiger partial charge is 0.300 e. The molecule has 1 N–H and O–H groups in total. The van der Waals surface area contributed by atoms with Crippen molar-refractivity contribution in [2.45, 2.75) is 24.1 Å². The van der Waals surface area contributed by atoms with Crippen molar-refractivity contribution in [3.8, 4) is 5.69 Å². The summed E-state index contributed by atoms with van der Waals surface area (Å²) in [6.45, 7) is 1.25. The first kappa shape index (κ1) is 18.6. The van der Waals surface area contributed by atoms with Crippen LogP contribution in [0.15, 0.2) is 46.6 Å². The summed E-state index contributed by atoms with van der Waals surface area (Å²) in [6.07, 6.45) is 5.28. The van der Waals surface area contributed by atoms with E-state index in [4.69, 9.17) is 4.74 Å². The monoisotopic (exact) mass is 403 g/mol. The lowest BCUT2D eigenvalue weighted by Gasteiger charge is -2.10. The van der Waals surface area contributed by atoms with Crippen LogP contribution in [0.4, 0.5) is 4.39 Å². The molecule has 1 fully saturated rings. The minimum absolute atomic E-state index is 0.0906. The predicted molar refractivity (Wildman–Crippen MR) is 101 cm³/mol. The number of rotatable bonds is 6. The highest BCUT2D eigenvalue weighted by Gasteiger charge is 2.17. The highest BCUT2D eigenvalue weighted by Crippen LogP contribution is 2.16. The van der Waals surface area contributed by atoms with Gasteiger partial charge >= 0.3 is 5.56 Å². The zero-order chi connectivity index (χ0) is 19.5. The lowest BCUT2D eigenvalue weighted by atomic mass is 10.2. The number of halogens is 1. The molecule has 0 saturated carbocycles. The molecule has 4 rings (SSSR count). The average molecular weight is 403 g/mol. The third-order valence-electron chi connectivity index (χ3n) is 4.43. The fourth-order valence-corrected chi connectivity index (χ4v) is 3.73. The number of benzene rings is 1. The fourth-order valence-electron chi connectivity index (χ4n) is 2.98. The topological polar surface area (TPSA) is 90.5 Å². The minimum Gasteiger partial charge on any atom is -0.376 e. The maximum absolute atomic E-state index is 13.1. The van der Waals surface area contributed by atoms with Crippen LogP contribution in [0.25, 0.3) is 11.3 Å². The molecule has 1 amide bonds. The Morgan fingerprint density at radius 2 is 2.11 bits per heavy atom. The van der Waals surface area contributed by atoms with Crippen molar-refractivity contribution in [1.82, 2.24) is 24.5 Å². The molecule has 0 radical (unpaired) electrons. The number of amides is 1. The van der Waals surface area contributed by atoms with Gasteiger partial charge in [-0.3, -0.25) is 18.6 Å². The Morgan fingerprint density at radius 3 is 2.86 bits per heavy atom. The lowest BCUT2D eigenvalue weighted by Crippen LogP contribution is -2.32. The van der Waals surface area contributed by atoms with Gasteiger partial charge in [-0.25, -0.2) is 4.39 Å². The highest BCUT2D eigenvalue weighted by molar-refractivity contribution is 7.99. The van der Waals surface area contributed by atoms with E-state index < -0.39 is 0 Å². The number of carbonyl (C=O) groups is 1. The quantitative estimate of drug-likeness (QED) is 0.626. The first-order chi connectivity index (χ1) is 13.6. The van der Waals surface area contributed by atoms with Crippen LogP contribution in [0.5, 0.6) is 0 Å². The molecular weight excluding hydrogens is 385 g/mol. The average Bonchev–Trinajstić information content (AvgIpc) is 3.36. The van der Waals surface area contributed by atoms with Crippen LogP contribution in [0.3, 0.4) is 0 Å². The second kappa shape index (κ2) is 8.11. The fraction of sp³-hybridized carbons (Fsp3) is 0.333. The van der Waals surface area contributed by atoms with Gasteiger partial charge in [-0.15, -0.1) is 10.2 Å². The summed E-state index contributed by atoms with van der Waals surface area (Å²) in [6, 6.07) is 5.59. The number of hydrogen-bond acceptors (Lipinski definition) is 6. The first-order valence-corrected chi connectivity index (χ1v) is 9.84. The molecule has 28 heavy (non-hydrogen) atoms. The van der Waals surface area contributed by atoms with Crippen molar-refractivity contribution in [1.29, 1.82) is 0 Å². The Hall–Kier alpha value is -2.72. The first-order valence-electron chi connectivity index (χ1n) is 8.85. The van der Waals surface area contributed by atoms with Crippen LogP contribution in [-0.2, 0) is 9.53 Å². The maximum atomic E-state index is 13.1. The summed E-state index contributed by atoms with van der Waals surface area (Å²) in [5, 5.41) is 11.2. The van der Waals surface area contributed by atoms with Crippen molar-refractivity contribution in [2.75, 3.05) is 18.9 Å². The Balaban J connectivity index is 1.45. The number of thioether (sulfide) groups is 1. The van der Waals surface area contributed by atoms with Crippen LogP contribution in [0, 0.1) is 5.82 Å². The standard InChI is InChI=1S/C18H18FN5O3S/c19-12-3-5-13(6-4-12)23-7-8-24-16(17(23)26)21-22-18(24)28-11-15(25)20-10-14-2-1-9-27-14/h3-8,14H,1-2,9-11H2,(H,20,25). The summed E-state index contributed by atoms with van der Waals surface area (Å²) in [7, 11) is 0. The molecule has 3 aromatic rings. The summed E-state index contributed by atoms with van der Waals surface area (Å²) in [5.74, 6) is -0.345. The van der Waals surface area contributed by atoms with Crippen LogP contribution in [0.2, 0.25) is 0 Å². The van der Waals surface area contributed by atoms with Gasteiger partial charge in [0.25, 0.3) is 0 Å². The molecule has 3 heterocycles. The number of nitrogens with zero attached hydrogens (tertiary/aromatic N) is 4. The van der Waals surface area contributed by atoms with Gasteiger partial charge in [0.15, 0.2) is 5.16 Å². The molecule has 0 spiro atoms. The molecule has 1 aromatic carbocycles. The van der Waals surface area contributed by atoms with Crippen LogP contribution >= 0.6 is 11.8 Å². The molecule has 1 aliphatic heterocycles. The second-order valence-electron chi connectivity index (χ2n) is 6.35. The van der Waals surface area contributed by atoms with Gasteiger partial charge in [-0.2, -0.15) is 0 Å². The molecule has 1 atom stereocenters. The van der Waals surface area contributed by atoms with E-state index in [0.29, 0.717) is 17.4 Å². The van der Waals surface area contributed by atoms with Crippen molar-refractivity contribution < 1.29 is 13.9 Å². The van der Waals surface area contributed by atoms with Crippen LogP contribution in [-0.4, -0.2) is 50.1 Å². The molecule has 8 nitrogen and oxygen atoms in total. The Kier molecular flexibility index (Phi) is 5.40. The van der Waals surface area contributed by atoms with E-state index in [2.05, 4.69) is 15.5 Å². The molecule has 1 saturated heterocycles. The zero-order valence-corrected chi connectivity index (χ0v) is 15.7. The van der Waals surface area contributed by atoms with Gasteiger partial charge < -0.3 is 10.1 Å². The number of aromatic nitrogens is 4. The third kappa shape index (κ3) is 3.92. The van der Waals surface area contributed by atoms with Crippen molar-refractivity contribution >= 4 is 23.3 Å². The summed E-state index contributed by atoms with van der Waals surface area (Å²) in [4.78, 5) is 24.7. The predicted octanol–water partition coefficient (Wildman–Crippen LogP) is 1.41. The Bertz CT molecular complexity index is 1040. The van der Waals surface area contributed by atoms with E-state index in [-0.39, 0.29) is 34.8 Å². The number of hydrogen-bond donors (Lipinski definition) is 1. The minimum atomic E-state index is -0.378. The van der Waals surface area contributed by atoms with E-state index in [0.717, 1.165) is 19.4 Å². The van der Waals surface area contributed by atoms with Crippen LogP contribution < -0.4 is 10.9 Å². The normalized spacial score (nSPS) is 16.5. The number of nitrogens with one attached hydrogen (secondary N) is 1. The second-order valence-corrected chi connectivity index (χ2v) is 7.30. The molecule has 1 unspecified atom stereocenters. The third-order valence-corrected chi connectivity index (χ3v) is 5.37. The van der Waals surface area contributed by atoms with E-state index in [1.54, 1.807) is 16.8 Å². The molecule has 0 aliphatic carbocycles. The van der Waals surface area contributed by atoms with Crippen molar-refractivity contribution in [3.63, 3.8) is 0 Å². The molecule has 0 bridgehead atoms. The molecule has 1 aliphatic rings. The van der Waals surface area contributed by atoms with Gasteiger partial charge in [0, 0.05) is 31.2 Å². The number of fused-ring (bicyclic) bond motifs is 1. The van der Waals surface area contributed by atoms with Gasteiger partial charge in [-0.05, 0) is 37.1 Å². The van der Waals surface area contributed by atoms with E-state index in [1.807, 2.05) is 0 Å². The molecule has 2 aromatic heterocycles. The van der Waals surface area contributed by atoms with Gasteiger partial charge in [-0.1, -0.05) is 11.8 Å². The number of carbonyl (C=O) groups excluding carboxylic acids is 1. The summed E-state index contributed by atoms with van der Waals surface area (Å²) in [5.41, 5.74) is 0.282. The van der Waals surface area contributed by atoms with E-state index in [9.17, 15) is 14.0 Å². The molecule has 146 valence electrons. The van der Waals surface area contributed by atoms with Crippen molar-refractivity contribution in [3.05, 3.63) is 52.8 Å². The van der Waals surface area contributed by atoms with Crippen LogP contribution in [0.1, 0.15) is 12.8 Å². The zero-order valence-electron chi connectivity index (χ0n) is 14.9. The van der Waals surface area contributed by atoms with Gasteiger partial charge in [0.05, 0.1) is 11.9 Å².